The number of carbonyl (C=O) groups is 1. The molecule has 1 aromatic carbocycles. The number of methoxy groups -OCH3 is 1. The fourth-order valence-corrected chi connectivity index (χ4v) is 2.55. The second-order valence-corrected chi connectivity index (χ2v) is 5.54. The molecule has 0 saturated carbocycles. The maximum Gasteiger partial charge on any atom is 0.246 e. The Morgan fingerprint density at radius 3 is 2.90 bits per heavy atom. The number of hydrogen-bond acceptors (Lipinski definition) is 4. The molecule has 5 nitrogen and oxygen atoms in total. The minimum atomic E-state index is -0.345. The third kappa shape index (κ3) is 3.67. The lowest BCUT2D eigenvalue weighted by Gasteiger charge is -2.16. The summed E-state index contributed by atoms with van der Waals surface area (Å²) in [6.45, 7) is 5.21. The molecule has 0 fully saturated rings. The Labute approximate surface area is 130 Å². The highest BCUT2D eigenvalue weighted by atomic mass is 35.5. The molecule has 1 aromatic rings. The number of rotatable bonds is 7. The number of benzene rings is 1. The zero-order valence-electron chi connectivity index (χ0n) is 12.5. The van der Waals surface area contributed by atoms with E-state index in [9.17, 15) is 4.79 Å². The molecule has 0 aliphatic carbocycles. The molecular weight excluding hydrogens is 292 g/mol. The topological polar surface area (TPSA) is 59.6 Å². The van der Waals surface area contributed by atoms with Crippen molar-refractivity contribution in [2.24, 2.45) is 0 Å². The van der Waals surface area contributed by atoms with E-state index in [-0.39, 0.29) is 18.1 Å². The number of ether oxygens (including phenoxy) is 2. The fourth-order valence-electron chi connectivity index (χ4n) is 2.33. The maximum absolute atomic E-state index is 12.0. The van der Waals surface area contributed by atoms with Crippen molar-refractivity contribution in [3.8, 4) is 5.75 Å². The lowest BCUT2D eigenvalue weighted by Crippen LogP contribution is -2.28. The van der Waals surface area contributed by atoms with E-state index in [1.807, 2.05) is 6.92 Å². The third-order valence-corrected chi connectivity index (χ3v) is 3.56. The van der Waals surface area contributed by atoms with Gasteiger partial charge in [0.1, 0.15) is 17.9 Å². The molecule has 0 radical (unpaired) electrons. The first-order chi connectivity index (χ1) is 10.1. The summed E-state index contributed by atoms with van der Waals surface area (Å²) < 4.78 is 10.8. The van der Waals surface area contributed by atoms with Crippen LogP contribution in [0.4, 0.5) is 5.69 Å². The van der Waals surface area contributed by atoms with Crippen molar-refractivity contribution in [3.05, 3.63) is 22.7 Å². The second-order valence-electron chi connectivity index (χ2n) is 5.13. The Balaban J connectivity index is 2.20. The van der Waals surface area contributed by atoms with Crippen molar-refractivity contribution < 1.29 is 14.3 Å². The van der Waals surface area contributed by atoms with Crippen molar-refractivity contribution in [2.75, 3.05) is 25.6 Å². The van der Waals surface area contributed by atoms with Crippen LogP contribution < -0.4 is 15.4 Å². The maximum atomic E-state index is 12.0. The van der Waals surface area contributed by atoms with E-state index in [1.54, 1.807) is 19.2 Å². The van der Waals surface area contributed by atoms with Gasteiger partial charge in [-0.3, -0.25) is 4.79 Å². The van der Waals surface area contributed by atoms with Crippen LogP contribution in [0.1, 0.15) is 31.9 Å². The van der Waals surface area contributed by atoms with Crippen LogP contribution in [-0.4, -0.2) is 32.3 Å². The van der Waals surface area contributed by atoms with Gasteiger partial charge in [-0.25, -0.2) is 0 Å². The van der Waals surface area contributed by atoms with Crippen LogP contribution in [0.5, 0.6) is 5.75 Å². The number of nitrogens with one attached hydrogen (secondary N) is 2. The van der Waals surface area contributed by atoms with Crippen LogP contribution in [0.2, 0.25) is 5.02 Å². The number of hydrogen-bond donors (Lipinski definition) is 2. The van der Waals surface area contributed by atoms with Gasteiger partial charge in [-0.2, -0.15) is 0 Å². The summed E-state index contributed by atoms with van der Waals surface area (Å²) in [5, 5.41) is 6.57. The predicted molar refractivity (Wildman–Crippen MR) is 83.1 cm³/mol. The van der Waals surface area contributed by atoms with E-state index in [0.29, 0.717) is 17.4 Å². The van der Waals surface area contributed by atoms with E-state index in [2.05, 4.69) is 17.6 Å². The van der Waals surface area contributed by atoms with Gasteiger partial charge in [0.2, 0.25) is 5.91 Å². The molecule has 1 aliphatic rings. The molecule has 6 heteroatoms. The third-order valence-electron chi connectivity index (χ3n) is 3.26. The molecule has 0 spiro atoms. The highest BCUT2D eigenvalue weighted by molar-refractivity contribution is 6.32. The lowest BCUT2D eigenvalue weighted by atomic mass is 10.1. The molecule has 2 atom stereocenters. The molecule has 2 N–H and O–H groups in total. The van der Waals surface area contributed by atoms with Crippen molar-refractivity contribution in [1.29, 1.82) is 0 Å². The number of halogens is 1. The van der Waals surface area contributed by atoms with E-state index in [0.717, 1.165) is 24.2 Å². The normalized spacial score (nSPS) is 18.3. The molecular formula is C15H21ClN2O3. The van der Waals surface area contributed by atoms with E-state index < -0.39 is 0 Å². The van der Waals surface area contributed by atoms with Gasteiger partial charge in [0, 0.05) is 24.4 Å². The molecule has 1 aliphatic heterocycles. The predicted octanol–water partition coefficient (Wildman–Crippen LogP) is 2.75. The summed E-state index contributed by atoms with van der Waals surface area (Å²) in [5.74, 6) is 0.494. The SMILES string of the molecule is CCCNC1C(=O)Nc2cc(OC(C)COC)c(Cl)cc21. The summed E-state index contributed by atoms with van der Waals surface area (Å²) >= 11 is 6.27. The molecule has 116 valence electrons. The molecule has 0 aromatic heterocycles. The minimum Gasteiger partial charge on any atom is -0.487 e. The Kier molecular flexibility index (Phi) is 5.45. The first kappa shape index (κ1) is 16.1. The van der Waals surface area contributed by atoms with E-state index in [4.69, 9.17) is 21.1 Å². The minimum absolute atomic E-state index is 0.0587. The van der Waals surface area contributed by atoms with Gasteiger partial charge in [-0.05, 0) is 26.0 Å². The van der Waals surface area contributed by atoms with Crippen molar-refractivity contribution >= 4 is 23.2 Å². The van der Waals surface area contributed by atoms with Gasteiger partial charge in [0.15, 0.2) is 0 Å². The van der Waals surface area contributed by atoms with Crippen LogP contribution in [-0.2, 0) is 9.53 Å². The summed E-state index contributed by atoms with van der Waals surface area (Å²) in [6, 6.07) is 3.22. The Morgan fingerprint density at radius 1 is 1.48 bits per heavy atom. The fraction of sp³-hybridized carbons (Fsp3) is 0.533. The summed E-state index contributed by atoms with van der Waals surface area (Å²) in [5.41, 5.74) is 1.61. The smallest absolute Gasteiger partial charge is 0.246 e. The highest BCUT2D eigenvalue weighted by Gasteiger charge is 2.31. The summed E-state index contributed by atoms with van der Waals surface area (Å²) in [6.07, 6.45) is 0.847. The zero-order valence-corrected chi connectivity index (χ0v) is 13.3. The molecule has 2 unspecified atom stereocenters. The second kappa shape index (κ2) is 7.11. The first-order valence-corrected chi connectivity index (χ1v) is 7.47. The molecule has 21 heavy (non-hydrogen) atoms. The number of carbonyl (C=O) groups excluding carboxylic acids is 1. The first-order valence-electron chi connectivity index (χ1n) is 7.10. The van der Waals surface area contributed by atoms with Crippen LogP contribution in [0.25, 0.3) is 0 Å². The number of anilines is 1. The van der Waals surface area contributed by atoms with E-state index >= 15 is 0 Å². The number of amides is 1. The van der Waals surface area contributed by atoms with Crippen LogP contribution in [0.3, 0.4) is 0 Å². The summed E-state index contributed by atoms with van der Waals surface area (Å²) in [4.78, 5) is 12.0. The van der Waals surface area contributed by atoms with Crippen LogP contribution in [0, 0.1) is 0 Å². The van der Waals surface area contributed by atoms with Crippen molar-refractivity contribution in [3.63, 3.8) is 0 Å². The molecule has 1 amide bonds. The average molecular weight is 313 g/mol. The average Bonchev–Trinajstić information content (AvgIpc) is 2.72. The monoisotopic (exact) mass is 312 g/mol. The quantitative estimate of drug-likeness (QED) is 0.813. The molecule has 2 rings (SSSR count). The Morgan fingerprint density at radius 2 is 2.24 bits per heavy atom. The molecule has 1 heterocycles. The molecule has 0 bridgehead atoms. The van der Waals surface area contributed by atoms with Gasteiger partial charge < -0.3 is 20.1 Å². The largest absolute Gasteiger partial charge is 0.487 e. The zero-order chi connectivity index (χ0) is 15.4. The van der Waals surface area contributed by atoms with Gasteiger partial charge in [0.25, 0.3) is 0 Å². The van der Waals surface area contributed by atoms with Gasteiger partial charge in [0.05, 0.1) is 11.6 Å². The van der Waals surface area contributed by atoms with Gasteiger partial charge in [-0.1, -0.05) is 18.5 Å². The van der Waals surface area contributed by atoms with Crippen molar-refractivity contribution in [2.45, 2.75) is 32.4 Å². The highest BCUT2D eigenvalue weighted by Crippen LogP contribution is 2.38. The number of fused-ring (bicyclic) bond motifs is 1. The van der Waals surface area contributed by atoms with Gasteiger partial charge in [-0.15, -0.1) is 0 Å². The van der Waals surface area contributed by atoms with Crippen LogP contribution >= 0.6 is 11.6 Å². The standard InChI is InChI=1S/C15H21ClN2O3/c1-4-5-17-14-10-6-11(16)13(21-9(2)8-20-3)7-12(10)18-15(14)19/h6-7,9,14,17H,4-5,8H2,1-3H3,(H,18,19). The summed E-state index contributed by atoms with van der Waals surface area (Å²) in [7, 11) is 1.62. The lowest BCUT2D eigenvalue weighted by molar-refractivity contribution is -0.117. The molecule has 0 saturated heterocycles. The Bertz CT molecular complexity index is 522. The van der Waals surface area contributed by atoms with E-state index in [1.165, 1.54) is 0 Å². The Hall–Kier alpha value is -1.30. The van der Waals surface area contributed by atoms with Crippen molar-refractivity contribution in [1.82, 2.24) is 5.32 Å². The van der Waals surface area contributed by atoms with Crippen LogP contribution in [0.15, 0.2) is 12.1 Å². The van der Waals surface area contributed by atoms with Gasteiger partial charge >= 0.3 is 0 Å².